The van der Waals surface area contributed by atoms with E-state index in [1.165, 1.54) is 6.33 Å². The number of hydrogen-bond acceptors (Lipinski definition) is 5. The van der Waals surface area contributed by atoms with Crippen LogP contribution in [0.4, 0.5) is 4.79 Å². The summed E-state index contributed by atoms with van der Waals surface area (Å²) in [5.74, 6) is 0.927. The second-order valence-electron chi connectivity index (χ2n) is 6.52. The van der Waals surface area contributed by atoms with Crippen molar-refractivity contribution in [2.24, 2.45) is 13.0 Å². The minimum absolute atomic E-state index is 0.168. The average molecular weight is 373 g/mol. The fourth-order valence-electron chi connectivity index (χ4n) is 2.68. The van der Waals surface area contributed by atoms with Crippen LogP contribution < -0.4 is 5.32 Å². The van der Waals surface area contributed by atoms with E-state index in [-0.39, 0.29) is 18.0 Å². The number of aryl methyl sites for hydroxylation is 1. The van der Waals surface area contributed by atoms with E-state index in [0.29, 0.717) is 6.54 Å². The molecule has 0 saturated carbocycles. The van der Waals surface area contributed by atoms with Gasteiger partial charge in [-0.15, -0.1) is 11.3 Å². The Morgan fingerprint density at radius 2 is 2.27 bits per heavy atom. The fourth-order valence-corrected chi connectivity index (χ4v) is 3.37. The molecular weight excluding hydrogens is 350 g/mol. The predicted octanol–water partition coefficient (Wildman–Crippen LogP) is 2.81. The van der Waals surface area contributed by atoms with E-state index in [0.717, 1.165) is 22.1 Å². The van der Waals surface area contributed by atoms with Gasteiger partial charge in [-0.3, -0.25) is 9.78 Å². The van der Waals surface area contributed by atoms with Crippen LogP contribution in [0.3, 0.4) is 0 Å². The molecule has 0 radical (unpaired) electrons. The van der Waals surface area contributed by atoms with E-state index in [1.54, 1.807) is 28.0 Å². The molecule has 0 fully saturated rings. The number of rotatable bonds is 6. The first-order valence-electron chi connectivity index (χ1n) is 8.39. The quantitative estimate of drug-likeness (QED) is 0.695. The van der Waals surface area contributed by atoms with Gasteiger partial charge in [0.05, 0.1) is 23.2 Å². The van der Waals surface area contributed by atoms with Crippen LogP contribution in [0.25, 0.3) is 10.6 Å². The Hall–Kier alpha value is -2.68. The smallest absolute Gasteiger partial charge is 0.318 e. The van der Waals surface area contributed by atoms with Gasteiger partial charge in [-0.25, -0.2) is 9.78 Å². The van der Waals surface area contributed by atoms with Gasteiger partial charge in [0, 0.05) is 14.1 Å². The number of aromatic nitrogens is 5. The second kappa shape index (κ2) is 7.69. The molecule has 0 aliphatic rings. The maximum atomic E-state index is 12.6. The zero-order valence-corrected chi connectivity index (χ0v) is 16.1. The lowest BCUT2D eigenvalue weighted by atomic mass is 10.0. The summed E-state index contributed by atoms with van der Waals surface area (Å²) in [7, 11) is 3.58. The summed E-state index contributed by atoms with van der Waals surface area (Å²) in [6.07, 6.45) is 1.50. The van der Waals surface area contributed by atoms with Crippen molar-refractivity contribution < 1.29 is 4.79 Å². The minimum Gasteiger partial charge on any atom is -0.328 e. The van der Waals surface area contributed by atoms with Crippen LogP contribution in [-0.2, 0) is 13.6 Å². The van der Waals surface area contributed by atoms with Gasteiger partial charge < -0.3 is 10.2 Å². The van der Waals surface area contributed by atoms with Crippen LogP contribution in [0.15, 0.2) is 29.9 Å². The van der Waals surface area contributed by atoms with Crippen LogP contribution in [0.2, 0.25) is 0 Å². The summed E-state index contributed by atoms with van der Waals surface area (Å²) < 4.78 is 1.69. The molecule has 1 atom stereocenters. The third-order valence-electron chi connectivity index (χ3n) is 4.13. The normalized spacial score (nSPS) is 12.3. The Morgan fingerprint density at radius 1 is 1.46 bits per heavy atom. The molecule has 2 N–H and O–H groups in total. The zero-order valence-electron chi connectivity index (χ0n) is 15.3. The zero-order chi connectivity index (χ0) is 18.7. The third kappa shape index (κ3) is 3.93. The Balaban J connectivity index is 1.65. The third-order valence-corrected chi connectivity index (χ3v) is 5.02. The summed E-state index contributed by atoms with van der Waals surface area (Å²) in [5.41, 5.74) is 1.77. The number of hydrogen-bond donors (Lipinski definition) is 2. The molecule has 3 aromatic heterocycles. The number of nitrogens with one attached hydrogen (secondary N) is 2. The van der Waals surface area contributed by atoms with Crippen LogP contribution in [0.5, 0.6) is 0 Å². The molecule has 1 unspecified atom stereocenters. The molecule has 3 rings (SSSR count). The van der Waals surface area contributed by atoms with Gasteiger partial charge in [-0.2, -0.15) is 10.2 Å². The summed E-state index contributed by atoms with van der Waals surface area (Å²) in [6.45, 7) is 4.53. The molecule has 0 aliphatic carbocycles. The van der Waals surface area contributed by atoms with Crippen molar-refractivity contribution in [1.29, 1.82) is 0 Å². The maximum Gasteiger partial charge on any atom is 0.318 e. The highest BCUT2D eigenvalue weighted by Crippen LogP contribution is 2.23. The molecule has 0 aromatic carbocycles. The highest BCUT2D eigenvalue weighted by atomic mass is 32.1. The molecule has 8 nitrogen and oxygen atoms in total. The van der Waals surface area contributed by atoms with Crippen molar-refractivity contribution in [2.45, 2.75) is 26.4 Å². The van der Waals surface area contributed by atoms with E-state index in [4.69, 9.17) is 0 Å². The average Bonchev–Trinajstić information content (AvgIpc) is 3.33. The SMILES string of the molecule is CC(C)C(NC(=O)N(C)Cc1cc(-c2cccs2)n[nH]1)c1ncnn1C. The van der Waals surface area contributed by atoms with Gasteiger partial charge in [0.25, 0.3) is 0 Å². The molecule has 3 aromatic rings. The Morgan fingerprint density at radius 3 is 2.88 bits per heavy atom. The molecule has 0 bridgehead atoms. The lowest BCUT2D eigenvalue weighted by Gasteiger charge is -2.25. The van der Waals surface area contributed by atoms with Crippen LogP contribution >= 0.6 is 11.3 Å². The number of H-pyrrole nitrogens is 1. The van der Waals surface area contributed by atoms with E-state index in [9.17, 15) is 4.79 Å². The summed E-state index contributed by atoms with van der Waals surface area (Å²) in [6, 6.07) is 5.61. The number of thiophene rings is 1. The highest BCUT2D eigenvalue weighted by molar-refractivity contribution is 7.13. The first-order chi connectivity index (χ1) is 12.5. The molecule has 0 aliphatic heterocycles. The van der Waals surface area contributed by atoms with E-state index in [2.05, 4.69) is 25.6 Å². The number of nitrogens with zero attached hydrogens (tertiary/aromatic N) is 5. The van der Waals surface area contributed by atoms with Crippen molar-refractivity contribution in [3.8, 4) is 10.6 Å². The highest BCUT2D eigenvalue weighted by Gasteiger charge is 2.24. The van der Waals surface area contributed by atoms with Gasteiger partial charge >= 0.3 is 6.03 Å². The number of urea groups is 1. The fraction of sp³-hybridized carbons (Fsp3) is 0.412. The maximum absolute atomic E-state index is 12.6. The monoisotopic (exact) mass is 373 g/mol. The molecule has 3 heterocycles. The van der Waals surface area contributed by atoms with E-state index < -0.39 is 0 Å². The van der Waals surface area contributed by atoms with Crippen LogP contribution in [-0.4, -0.2) is 42.9 Å². The Labute approximate surface area is 156 Å². The number of aromatic amines is 1. The van der Waals surface area contributed by atoms with Crippen molar-refractivity contribution in [3.05, 3.63) is 41.4 Å². The summed E-state index contributed by atoms with van der Waals surface area (Å²) in [5, 5.41) is 16.5. The predicted molar refractivity (Wildman–Crippen MR) is 100 cm³/mol. The van der Waals surface area contributed by atoms with Gasteiger partial charge in [0.2, 0.25) is 0 Å². The standard InChI is InChI=1S/C17H23N7OS/c1-11(2)15(16-18-10-19-24(16)4)20-17(25)23(3)9-12-8-13(22-21-12)14-6-5-7-26-14/h5-8,10-11,15H,9H2,1-4H3,(H,20,25)(H,21,22). The summed E-state index contributed by atoms with van der Waals surface area (Å²) in [4.78, 5) is 19.6. The molecule has 0 spiro atoms. The lowest BCUT2D eigenvalue weighted by Crippen LogP contribution is -2.41. The van der Waals surface area contributed by atoms with Crippen LogP contribution in [0, 0.1) is 5.92 Å². The second-order valence-corrected chi connectivity index (χ2v) is 7.47. The number of carbonyl (C=O) groups excluding carboxylic acids is 1. The molecule has 26 heavy (non-hydrogen) atoms. The number of amides is 2. The van der Waals surface area contributed by atoms with Crippen molar-refractivity contribution in [2.75, 3.05) is 7.05 Å². The topological polar surface area (TPSA) is 91.7 Å². The first-order valence-corrected chi connectivity index (χ1v) is 9.27. The first kappa shape index (κ1) is 18.1. The van der Waals surface area contributed by atoms with Crippen LogP contribution in [0.1, 0.15) is 31.4 Å². The molecule has 138 valence electrons. The molecule has 0 saturated heterocycles. The lowest BCUT2D eigenvalue weighted by molar-refractivity contribution is 0.197. The van der Waals surface area contributed by atoms with Crippen molar-refractivity contribution >= 4 is 17.4 Å². The Kier molecular flexibility index (Phi) is 5.36. The molecule has 9 heteroatoms. The summed E-state index contributed by atoms with van der Waals surface area (Å²) >= 11 is 1.64. The number of carbonyl (C=O) groups is 1. The van der Waals surface area contributed by atoms with E-state index >= 15 is 0 Å². The van der Waals surface area contributed by atoms with Gasteiger partial charge in [-0.05, 0) is 23.4 Å². The molecular formula is C17H23N7OS. The Bertz CT molecular complexity index is 852. The van der Waals surface area contributed by atoms with Gasteiger partial charge in [0.15, 0.2) is 0 Å². The van der Waals surface area contributed by atoms with Gasteiger partial charge in [0.1, 0.15) is 17.8 Å². The van der Waals surface area contributed by atoms with Gasteiger partial charge in [-0.1, -0.05) is 19.9 Å². The van der Waals surface area contributed by atoms with Crippen molar-refractivity contribution in [3.63, 3.8) is 0 Å². The van der Waals surface area contributed by atoms with E-state index in [1.807, 2.05) is 44.5 Å². The minimum atomic E-state index is -0.208. The molecule has 2 amide bonds. The van der Waals surface area contributed by atoms with Crippen molar-refractivity contribution in [1.82, 2.24) is 35.2 Å². The largest absolute Gasteiger partial charge is 0.328 e.